The van der Waals surface area contributed by atoms with Crippen molar-refractivity contribution in [1.82, 2.24) is 19.8 Å². The molecule has 0 unspecified atom stereocenters. The Hall–Kier alpha value is -5.88. The first-order valence-corrected chi connectivity index (χ1v) is 36.8. The van der Waals surface area contributed by atoms with Crippen LogP contribution in [0.15, 0.2) is 133 Å². The average molecular weight is 1310 g/mol. The molecule has 7 heterocycles. The number of nitrogens with two attached hydrogens (primary N) is 2. The fraction of sp³-hybridized carbons (Fsp3) is 0.267. The first-order chi connectivity index (χ1) is 41.1. The first kappa shape index (κ1) is 61.8. The van der Waals surface area contributed by atoms with Crippen molar-refractivity contribution in [2.24, 2.45) is 0 Å². The molecule has 2 atom stereocenters. The van der Waals surface area contributed by atoms with E-state index in [1.807, 2.05) is 69.4 Å². The molecule has 2 aromatic heterocycles. The topological polar surface area (TPSA) is 157 Å². The molecule has 4 N–H and O–H groups in total. The van der Waals surface area contributed by atoms with E-state index >= 15 is 0 Å². The number of aromatic nitrogens is 2. The summed E-state index contributed by atoms with van der Waals surface area (Å²) in [4.78, 5) is 26.6. The number of amides is 1. The number of anilines is 2. The fourth-order valence-corrected chi connectivity index (χ4v) is 53.2. The number of benzene rings is 6. The average Bonchev–Trinajstić information content (AvgIpc) is 1.93. The monoisotopic (exact) mass is 1310 g/mol. The summed E-state index contributed by atoms with van der Waals surface area (Å²) in [7, 11) is 3.34. The van der Waals surface area contributed by atoms with Crippen molar-refractivity contribution in [2.75, 3.05) is 65.2 Å². The smallest absolute Gasteiger partial charge is 0.416 e. The summed E-state index contributed by atoms with van der Waals surface area (Å²) in [5, 5.41) is 4.20. The summed E-state index contributed by atoms with van der Waals surface area (Å²) in [6.07, 6.45) is -8.79. The molecule has 13 rings (SSSR count). The Morgan fingerprint density at radius 2 is 0.953 bits per heavy atom. The van der Waals surface area contributed by atoms with E-state index in [2.05, 4.69) is 34.2 Å². The highest BCUT2D eigenvalue weighted by Crippen LogP contribution is 3.04. The van der Waals surface area contributed by atoms with Gasteiger partial charge in [0, 0.05) is 56.7 Å². The Bertz CT molecular complexity index is 3720. The number of carbonyl (C=O) groups is 1. The predicted molar refractivity (Wildman–Crippen MR) is 338 cm³/mol. The van der Waals surface area contributed by atoms with Crippen LogP contribution in [0.2, 0.25) is 0 Å². The number of rotatable bonds is 8. The van der Waals surface area contributed by atoms with Gasteiger partial charge in [0.1, 0.15) is 28.1 Å². The number of nitrogens with zero attached hydrogens (tertiary/aromatic N) is 4. The van der Waals surface area contributed by atoms with Crippen molar-refractivity contribution in [2.45, 2.75) is 50.9 Å². The Labute approximate surface area is 514 Å². The number of pyridine rings is 2. The van der Waals surface area contributed by atoms with Crippen LogP contribution in [0, 0.1) is 0 Å². The van der Waals surface area contributed by atoms with Gasteiger partial charge >= 0.3 is 12.4 Å². The van der Waals surface area contributed by atoms with Gasteiger partial charge in [0.25, 0.3) is 5.91 Å². The first-order valence-electron chi connectivity index (χ1n) is 26.8. The maximum Gasteiger partial charge on any atom is 0.416 e. The van der Waals surface area contributed by atoms with Crippen molar-refractivity contribution in [3.8, 4) is 11.5 Å². The molecule has 5 aliphatic rings. The van der Waals surface area contributed by atoms with E-state index in [1.54, 1.807) is 37.3 Å². The molecule has 86 heavy (non-hydrogen) atoms. The summed E-state index contributed by atoms with van der Waals surface area (Å²) in [5.74, 6) is 2.41. The van der Waals surface area contributed by atoms with Gasteiger partial charge in [-0.3, -0.25) is 4.79 Å². The molecule has 1 amide bonds. The molecule has 0 radical (unpaired) electrons. The van der Waals surface area contributed by atoms with Crippen LogP contribution in [-0.4, -0.2) is 84.4 Å². The second kappa shape index (κ2) is 25.3. The molecule has 6 aromatic carbocycles. The number of fused-ring (bicyclic) bond motifs is 6. The van der Waals surface area contributed by atoms with Crippen LogP contribution in [0.4, 0.5) is 38.0 Å². The lowest BCUT2D eigenvalue weighted by Gasteiger charge is -2.40. The van der Waals surface area contributed by atoms with E-state index in [0.29, 0.717) is 92.6 Å². The molecule has 8 aromatic rings. The van der Waals surface area contributed by atoms with Crippen LogP contribution in [0.1, 0.15) is 72.5 Å². The predicted octanol–water partition coefficient (Wildman–Crippen LogP) is 13.4. The minimum absolute atomic E-state index is 0.214. The Kier molecular flexibility index (Phi) is 18.2. The summed E-state index contributed by atoms with van der Waals surface area (Å²) >= 11 is 21.3. The molecule has 5 aliphatic heterocycles. The number of alkyl halides is 6. The number of carbonyl (C=O) groups excluding carboxylic acids is 1. The zero-order chi connectivity index (χ0) is 60.7. The van der Waals surface area contributed by atoms with E-state index in [1.165, 1.54) is 34.9 Å². The SMILES string of the molecule is COc1ccc(P2(=S)SP(=S)(c3ccc(OC)cc3)S2)cc1.Nc1nc2ccc(C(=O)N3CCOC[C@@H]3c3ccc(C(F)(F)F)cc3)cc2c2c1COC2.Nc1nc2ccc(C(=S)N3CCOC[C@@H]3c3ccc(C(F)(F)F)cc3)cc2c2c1COC2. The van der Waals surface area contributed by atoms with Crippen LogP contribution >= 0.6 is 43.1 Å². The van der Waals surface area contributed by atoms with Crippen molar-refractivity contribution in [3.63, 3.8) is 0 Å². The Morgan fingerprint density at radius 1 is 0.558 bits per heavy atom. The minimum Gasteiger partial charge on any atom is -0.497 e. The fourth-order valence-electron chi connectivity index (χ4n) is 10.6. The van der Waals surface area contributed by atoms with Crippen molar-refractivity contribution < 1.29 is 59.6 Å². The van der Waals surface area contributed by atoms with Gasteiger partial charge in [-0.1, -0.05) is 82.1 Å². The van der Waals surface area contributed by atoms with Gasteiger partial charge in [-0.05, 0) is 131 Å². The number of nitrogen functional groups attached to an aromatic ring is 2. The maximum absolute atomic E-state index is 13.4. The largest absolute Gasteiger partial charge is 0.497 e. The molecule has 0 bridgehead atoms. The van der Waals surface area contributed by atoms with Crippen molar-refractivity contribution >= 4 is 122 Å². The van der Waals surface area contributed by atoms with E-state index in [9.17, 15) is 31.1 Å². The summed E-state index contributed by atoms with van der Waals surface area (Å²) in [6, 6.07) is 36.5. The zero-order valence-corrected chi connectivity index (χ0v) is 51.8. The number of hydrogen-bond donors (Lipinski definition) is 2. The van der Waals surface area contributed by atoms with Gasteiger partial charge in [0.15, 0.2) is 0 Å². The molecule has 448 valence electrons. The summed E-state index contributed by atoms with van der Waals surface area (Å²) in [5.41, 5.74) is 18.5. The molecule has 3 fully saturated rings. The highest BCUT2D eigenvalue weighted by atomic mass is 33.7. The minimum atomic E-state index is -4.41. The third-order valence-corrected chi connectivity index (χ3v) is 46.9. The lowest BCUT2D eigenvalue weighted by molar-refractivity contribution is -0.138. The highest BCUT2D eigenvalue weighted by molar-refractivity contribution is 9.48. The number of hydrogen-bond acceptors (Lipinski definition) is 16. The normalized spacial score (nSPS) is 20.8. The standard InChI is InChI=1S/C23H20F3N3O3.C23H20F3N3O2S.C14H14O2P2S4/c24-23(25,26)15-4-1-13(2-5-15)20-12-31-8-7-29(20)22(30)14-3-6-19-16(9-14)17-10-32-11-18(17)21(27)28-19;24-23(25,26)15-4-1-13(2-5-15)20-12-30-8-7-29(20)22(32)14-3-6-19-16(9-14)17-10-31-11-18(17)21(27)28-19;1-15-11-3-7-13(8-4-11)17(19)21-18(20,22-17)14-9-5-12(16-2)6-10-14/h2*1-6,9,20H,7-8,10-12H2,(H2,27,28);3-10H,1-2H3/t2*20-;/m11./s1. The van der Waals surface area contributed by atoms with Crippen LogP contribution in [0.25, 0.3) is 21.8 Å². The van der Waals surface area contributed by atoms with Gasteiger partial charge in [-0.15, -0.1) is 0 Å². The van der Waals surface area contributed by atoms with Gasteiger partial charge < -0.3 is 49.7 Å². The van der Waals surface area contributed by atoms with Crippen molar-refractivity contribution in [1.29, 1.82) is 0 Å². The number of halogens is 6. The second-order valence-corrected chi connectivity index (χ2v) is 42.0. The molecular formula is C60H54F6N6O7P2S5. The van der Waals surface area contributed by atoms with E-state index in [4.69, 9.17) is 75.7 Å². The highest BCUT2D eigenvalue weighted by Gasteiger charge is 2.46. The Morgan fingerprint density at radius 3 is 1.38 bits per heavy atom. The van der Waals surface area contributed by atoms with Gasteiger partial charge in [-0.25, -0.2) is 9.97 Å². The van der Waals surface area contributed by atoms with Crippen LogP contribution < -0.4 is 31.6 Å². The quantitative estimate of drug-likeness (QED) is 0.0840. The summed E-state index contributed by atoms with van der Waals surface area (Å²) in [6.45, 7) is 4.01. The van der Waals surface area contributed by atoms with Crippen molar-refractivity contribution in [3.05, 3.63) is 189 Å². The van der Waals surface area contributed by atoms with E-state index in [0.717, 1.165) is 85.4 Å². The molecular weight excluding hydrogens is 1250 g/mol. The number of thiocarbonyl (C=S) groups is 1. The number of ether oxygens (including phenoxy) is 6. The van der Waals surface area contributed by atoms with E-state index in [-0.39, 0.29) is 18.6 Å². The maximum atomic E-state index is 13.4. The van der Waals surface area contributed by atoms with Crippen LogP contribution in [0.3, 0.4) is 0 Å². The van der Waals surface area contributed by atoms with Gasteiger partial charge in [0.2, 0.25) is 0 Å². The molecule has 13 nitrogen and oxygen atoms in total. The molecule has 0 spiro atoms. The summed E-state index contributed by atoms with van der Waals surface area (Å²) < 4.78 is 107. The molecule has 3 saturated heterocycles. The Balaban J connectivity index is 0.000000137. The number of morpholine rings is 2. The third kappa shape index (κ3) is 12.9. The van der Waals surface area contributed by atoms with Crippen LogP contribution in [-0.2, 0) is 81.3 Å². The van der Waals surface area contributed by atoms with Gasteiger partial charge in [0.05, 0.1) is 110 Å². The third-order valence-electron chi connectivity index (χ3n) is 15.2. The second-order valence-electron chi connectivity index (χ2n) is 20.3. The van der Waals surface area contributed by atoms with Crippen LogP contribution in [0.5, 0.6) is 11.5 Å². The zero-order valence-electron chi connectivity index (χ0n) is 45.9. The van der Waals surface area contributed by atoms with Gasteiger partial charge in [-0.2, -0.15) is 26.3 Å². The molecule has 26 heteroatoms. The van der Waals surface area contributed by atoms with E-state index < -0.39 is 38.4 Å². The molecule has 0 saturated carbocycles. The molecule has 0 aliphatic carbocycles. The lowest BCUT2D eigenvalue weighted by Crippen LogP contribution is -2.43. The lowest BCUT2D eigenvalue weighted by atomic mass is 9.99. The number of methoxy groups -OCH3 is 2.